The average molecular weight is 358 g/mol. The van der Waals surface area contributed by atoms with E-state index in [1.165, 1.54) is 11.6 Å². The monoisotopic (exact) mass is 358 g/mol. The first kappa shape index (κ1) is 16.8. The number of benzene rings is 2. The van der Waals surface area contributed by atoms with Crippen molar-refractivity contribution in [3.8, 4) is 5.69 Å². The molecular weight excluding hydrogens is 340 g/mol. The molecule has 0 fully saturated rings. The molecule has 0 aliphatic carbocycles. The lowest BCUT2D eigenvalue weighted by atomic mass is 10.2. The van der Waals surface area contributed by atoms with Crippen molar-refractivity contribution in [2.75, 3.05) is 5.32 Å². The zero-order chi connectivity index (χ0) is 18.6. The molecule has 0 atom stereocenters. The van der Waals surface area contributed by atoms with Crippen molar-refractivity contribution >= 4 is 28.7 Å². The molecule has 2 aromatic heterocycles. The Balaban J connectivity index is 1.52. The molecule has 0 aliphatic heterocycles. The molecule has 2 aromatic carbocycles. The summed E-state index contributed by atoms with van der Waals surface area (Å²) in [6, 6.07) is 17.1. The van der Waals surface area contributed by atoms with E-state index in [1.54, 1.807) is 41.4 Å². The fourth-order valence-corrected chi connectivity index (χ4v) is 2.70. The molecule has 0 radical (unpaired) electrons. The van der Waals surface area contributed by atoms with Crippen molar-refractivity contribution in [3.63, 3.8) is 0 Å². The standard InChI is InChI=1S/C21H18N4O2/c1-2-15-5-8-17(9-6-15)25-23-19-11-7-16(14-20(19)24-25)22-21(26)12-10-18-4-3-13-27-18/h3-14H,2H2,1H3,(H,22,26)/b12-10+. The largest absolute Gasteiger partial charge is 0.465 e. The average Bonchev–Trinajstić information content (AvgIpc) is 3.36. The second-order valence-corrected chi connectivity index (χ2v) is 6.05. The van der Waals surface area contributed by atoms with E-state index in [1.807, 2.05) is 18.2 Å². The summed E-state index contributed by atoms with van der Waals surface area (Å²) >= 11 is 0. The number of carbonyl (C=O) groups excluding carboxylic acids is 1. The highest BCUT2D eigenvalue weighted by Crippen LogP contribution is 2.18. The number of hydrogen-bond acceptors (Lipinski definition) is 4. The first-order valence-electron chi connectivity index (χ1n) is 8.70. The SMILES string of the molecule is CCc1ccc(-n2nc3ccc(NC(=O)/C=C/c4ccco4)cc3n2)cc1. The van der Waals surface area contributed by atoms with E-state index in [9.17, 15) is 4.79 Å². The summed E-state index contributed by atoms with van der Waals surface area (Å²) in [5, 5.41) is 11.8. The van der Waals surface area contributed by atoms with Gasteiger partial charge >= 0.3 is 0 Å². The summed E-state index contributed by atoms with van der Waals surface area (Å²) in [5.74, 6) is 0.380. The minimum absolute atomic E-state index is 0.242. The molecule has 4 rings (SSSR count). The fraction of sp³-hybridized carbons (Fsp3) is 0.0952. The quantitative estimate of drug-likeness (QED) is 0.542. The van der Waals surface area contributed by atoms with Gasteiger partial charge in [-0.25, -0.2) is 0 Å². The molecule has 6 nitrogen and oxygen atoms in total. The summed E-state index contributed by atoms with van der Waals surface area (Å²) in [7, 11) is 0. The molecular formula is C21H18N4O2. The van der Waals surface area contributed by atoms with Crippen LogP contribution in [0, 0.1) is 0 Å². The van der Waals surface area contributed by atoms with Crippen LogP contribution in [0.2, 0.25) is 0 Å². The van der Waals surface area contributed by atoms with E-state index in [0.717, 1.165) is 17.6 Å². The predicted octanol–water partition coefficient (Wildman–Crippen LogP) is 4.23. The van der Waals surface area contributed by atoms with Gasteiger partial charge in [-0.2, -0.15) is 4.80 Å². The van der Waals surface area contributed by atoms with Crippen LogP contribution < -0.4 is 5.32 Å². The van der Waals surface area contributed by atoms with Crippen molar-refractivity contribution in [1.29, 1.82) is 0 Å². The number of aryl methyl sites for hydroxylation is 1. The van der Waals surface area contributed by atoms with Gasteiger partial charge in [0.05, 0.1) is 12.0 Å². The van der Waals surface area contributed by atoms with Crippen LogP contribution >= 0.6 is 0 Å². The fourth-order valence-electron chi connectivity index (χ4n) is 2.70. The minimum Gasteiger partial charge on any atom is -0.465 e. The van der Waals surface area contributed by atoms with Crippen LogP contribution in [0.1, 0.15) is 18.2 Å². The molecule has 1 amide bonds. The zero-order valence-electron chi connectivity index (χ0n) is 14.8. The molecule has 27 heavy (non-hydrogen) atoms. The molecule has 0 spiro atoms. The number of nitrogens with zero attached hydrogens (tertiary/aromatic N) is 3. The number of rotatable bonds is 5. The van der Waals surface area contributed by atoms with Crippen LogP contribution in [0.4, 0.5) is 5.69 Å². The van der Waals surface area contributed by atoms with Crippen LogP contribution in [0.3, 0.4) is 0 Å². The number of amides is 1. The first-order valence-corrected chi connectivity index (χ1v) is 8.70. The van der Waals surface area contributed by atoms with Crippen LogP contribution in [-0.2, 0) is 11.2 Å². The highest BCUT2D eigenvalue weighted by Gasteiger charge is 2.07. The van der Waals surface area contributed by atoms with Gasteiger partial charge < -0.3 is 9.73 Å². The molecule has 6 heteroatoms. The van der Waals surface area contributed by atoms with Crippen LogP contribution in [0.5, 0.6) is 0 Å². The third-order valence-electron chi connectivity index (χ3n) is 4.17. The Kier molecular flexibility index (Phi) is 4.53. The molecule has 2 heterocycles. The third kappa shape index (κ3) is 3.79. The molecule has 0 saturated heterocycles. The molecule has 0 bridgehead atoms. The number of hydrogen-bond donors (Lipinski definition) is 1. The van der Waals surface area contributed by atoms with Crippen LogP contribution in [0.25, 0.3) is 22.8 Å². The van der Waals surface area contributed by atoms with E-state index in [0.29, 0.717) is 17.0 Å². The number of fused-ring (bicyclic) bond motifs is 1. The maximum absolute atomic E-state index is 12.0. The lowest BCUT2D eigenvalue weighted by Gasteiger charge is -2.00. The van der Waals surface area contributed by atoms with E-state index in [-0.39, 0.29) is 5.91 Å². The molecule has 0 aliphatic rings. The van der Waals surface area contributed by atoms with Crippen molar-refractivity contribution in [3.05, 3.63) is 78.3 Å². The predicted molar refractivity (Wildman–Crippen MR) is 105 cm³/mol. The van der Waals surface area contributed by atoms with Crippen molar-refractivity contribution in [1.82, 2.24) is 15.0 Å². The number of anilines is 1. The smallest absolute Gasteiger partial charge is 0.248 e. The van der Waals surface area contributed by atoms with Crippen molar-refractivity contribution < 1.29 is 9.21 Å². The summed E-state index contributed by atoms with van der Waals surface area (Å²) in [6.07, 6.45) is 5.59. The Hall–Kier alpha value is -3.67. The molecule has 1 N–H and O–H groups in total. The Morgan fingerprint density at radius 2 is 1.93 bits per heavy atom. The van der Waals surface area contributed by atoms with Crippen molar-refractivity contribution in [2.24, 2.45) is 0 Å². The summed E-state index contributed by atoms with van der Waals surface area (Å²) < 4.78 is 5.16. The molecule has 0 unspecified atom stereocenters. The highest BCUT2D eigenvalue weighted by atomic mass is 16.3. The summed E-state index contributed by atoms with van der Waals surface area (Å²) in [5.41, 5.74) is 4.30. The van der Waals surface area contributed by atoms with Gasteiger partial charge in [-0.15, -0.1) is 10.2 Å². The second kappa shape index (κ2) is 7.29. The molecule has 134 valence electrons. The van der Waals surface area contributed by atoms with Gasteiger partial charge in [0, 0.05) is 11.8 Å². The van der Waals surface area contributed by atoms with Gasteiger partial charge in [-0.05, 0) is 60.5 Å². The third-order valence-corrected chi connectivity index (χ3v) is 4.17. The minimum atomic E-state index is -0.242. The summed E-state index contributed by atoms with van der Waals surface area (Å²) in [6.45, 7) is 2.12. The highest BCUT2D eigenvalue weighted by molar-refractivity contribution is 6.02. The first-order chi connectivity index (χ1) is 13.2. The number of carbonyl (C=O) groups is 1. The van der Waals surface area contributed by atoms with Crippen molar-refractivity contribution in [2.45, 2.75) is 13.3 Å². The molecule has 0 saturated carbocycles. The number of nitrogens with one attached hydrogen (secondary N) is 1. The summed E-state index contributed by atoms with van der Waals surface area (Å²) in [4.78, 5) is 13.7. The molecule has 4 aromatic rings. The van der Waals surface area contributed by atoms with Gasteiger partial charge in [0.25, 0.3) is 0 Å². The Bertz CT molecular complexity index is 1090. The number of furan rings is 1. The van der Waals surface area contributed by atoms with Crippen LogP contribution in [0.15, 0.2) is 71.4 Å². The zero-order valence-corrected chi connectivity index (χ0v) is 14.8. The van der Waals surface area contributed by atoms with Gasteiger partial charge in [-0.3, -0.25) is 4.79 Å². The lowest BCUT2D eigenvalue weighted by Crippen LogP contribution is -2.07. The Morgan fingerprint density at radius 1 is 1.11 bits per heavy atom. The lowest BCUT2D eigenvalue weighted by molar-refractivity contribution is -0.111. The maximum atomic E-state index is 12.0. The normalized spacial score (nSPS) is 11.3. The second-order valence-electron chi connectivity index (χ2n) is 6.05. The number of aromatic nitrogens is 3. The van der Waals surface area contributed by atoms with E-state index in [2.05, 4.69) is 34.6 Å². The van der Waals surface area contributed by atoms with Gasteiger partial charge in [0.1, 0.15) is 16.8 Å². The maximum Gasteiger partial charge on any atom is 0.248 e. The Labute approximate surface area is 156 Å². The van der Waals surface area contributed by atoms with Gasteiger partial charge in [0.2, 0.25) is 5.91 Å². The van der Waals surface area contributed by atoms with Crippen LogP contribution in [-0.4, -0.2) is 20.9 Å². The van der Waals surface area contributed by atoms with E-state index in [4.69, 9.17) is 4.42 Å². The topological polar surface area (TPSA) is 73.0 Å². The van der Waals surface area contributed by atoms with E-state index < -0.39 is 0 Å². The van der Waals surface area contributed by atoms with E-state index >= 15 is 0 Å². The van der Waals surface area contributed by atoms with Gasteiger partial charge in [0.15, 0.2) is 0 Å². The van der Waals surface area contributed by atoms with Gasteiger partial charge in [-0.1, -0.05) is 19.1 Å². The Morgan fingerprint density at radius 3 is 2.67 bits per heavy atom.